The molecule has 6 heteroatoms. The molecule has 1 aromatic carbocycles. The summed E-state index contributed by atoms with van der Waals surface area (Å²) in [5, 5.41) is 12.0. The van der Waals surface area contributed by atoms with Gasteiger partial charge >= 0.3 is 0 Å². The molecule has 1 atom stereocenters. The summed E-state index contributed by atoms with van der Waals surface area (Å²) in [6, 6.07) is 4.60. The Bertz CT molecular complexity index is 649. The van der Waals surface area contributed by atoms with E-state index in [-0.39, 0.29) is 11.9 Å². The van der Waals surface area contributed by atoms with Crippen molar-refractivity contribution in [2.24, 2.45) is 5.41 Å². The van der Waals surface area contributed by atoms with E-state index in [9.17, 15) is 4.39 Å². The Hall–Kier alpha value is -1.98. The van der Waals surface area contributed by atoms with Gasteiger partial charge in [0.05, 0.1) is 6.04 Å². The van der Waals surface area contributed by atoms with E-state index in [1.165, 1.54) is 18.6 Å². The molecule has 0 amide bonds. The Morgan fingerprint density at radius 3 is 2.90 bits per heavy atom. The van der Waals surface area contributed by atoms with Crippen LogP contribution in [0.1, 0.15) is 45.6 Å². The summed E-state index contributed by atoms with van der Waals surface area (Å²) < 4.78 is 15.1. The zero-order valence-electron chi connectivity index (χ0n) is 12.4. The van der Waals surface area contributed by atoms with Crippen LogP contribution in [0.2, 0.25) is 0 Å². The minimum absolute atomic E-state index is 0.267. The number of hydrogen-bond donors (Lipinski definition) is 1. The minimum atomic E-state index is -0.353. The quantitative estimate of drug-likeness (QED) is 0.862. The fourth-order valence-electron chi connectivity index (χ4n) is 3.22. The summed E-state index contributed by atoms with van der Waals surface area (Å²) in [6.07, 6.45) is 4.48. The Balaban J connectivity index is 1.97. The monoisotopic (exact) mass is 289 g/mol. The van der Waals surface area contributed by atoms with Crippen molar-refractivity contribution >= 4 is 5.69 Å². The Morgan fingerprint density at radius 2 is 2.19 bits per heavy atom. The normalized spacial score (nSPS) is 21.4. The molecule has 0 radical (unpaired) electrons. The standard InChI is InChI=1S/C15H20FN5/c1-15(2)7-3-4-11(9-15)21-14(18-19-20-21)12-6-5-10(16)8-13(12)17/h5-6,8,11H,3-4,7,9,17H2,1-2H3. The van der Waals surface area contributed by atoms with Crippen molar-refractivity contribution in [1.82, 2.24) is 20.2 Å². The smallest absolute Gasteiger partial charge is 0.184 e. The van der Waals surface area contributed by atoms with Crippen LogP contribution in [0.4, 0.5) is 10.1 Å². The predicted molar refractivity (Wildman–Crippen MR) is 78.9 cm³/mol. The third-order valence-electron chi connectivity index (χ3n) is 4.27. The molecule has 1 unspecified atom stereocenters. The topological polar surface area (TPSA) is 69.6 Å². The average Bonchev–Trinajstić information content (AvgIpc) is 2.86. The first kappa shape index (κ1) is 14.0. The van der Waals surface area contributed by atoms with Gasteiger partial charge in [-0.3, -0.25) is 0 Å². The number of rotatable bonds is 2. The van der Waals surface area contributed by atoms with Gasteiger partial charge in [-0.2, -0.15) is 0 Å². The molecule has 2 aromatic rings. The lowest BCUT2D eigenvalue weighted by atomic mass is 9.75. The number of aromatic nitrogens is 4. The second-order valence-electron chi connectivity index (χ2n) is 6.59. The maximum Gasteiger partial charge on any atom is 0.184 e. The molecule has 112 valence electrons. The van der Waals surface area contributed by atoms with Crippen LogP contribution in [-0.4, -0.2) is 20.2 Å². The van der Waals surface area contributed by atoms with Gasteiger partial charge in [0.2, 0.25) is 0 Å². The van der Waals surface area contributed by atoms with E-state index < -0.39 is 0 Å². The highest BCUT2D eigenvalue weighted by Crippen LogP contribution is 2.41. The van der Waals surface area contributed by atoms with Crippen LogP contribution in [-0.2, 0) is 0 Å². The van der Waals surface area contributed by atoms with Crippen molar-refractivity contribution in [2.45, 2.75) is 45.6 Å². The first-order valence-corrected chi connectivity index (χ1v) is 7.29. The maximum atomic E-state index is 13.2. The molecule has 0 bridgehead atoms. The van der Waals surface area contributed by atoms with Crippen LogP contribution in [0.5, 0.6) is 0 Å². The third kappa shape index (κ3) is 2.75. The molecular formula is C15H20FN5. The van der Waals surface area contributed by atoms with Crippen molar-refractivity contribution in [3.63, 3.8) is 0 Å². The van der Waals surface area contributed by atoms with Gasteiger partial charge in [0.25, 0.3) is 0 Å². The van der Waals surface area contributed by atoms with Crippen molar-refractivity contribution in [1.29, 1.82) is 0 Å². The molecule has 1 aliphatic carbocycles. The van der Waals surface area contributed by atoms with Crippen LogP contribution in [0, 0.1) is 11.2 Å². The van der Waals surface area contributed by atoms with E-state index in [0.29, 0.717) is 22.5 Å². The van der Waals surface area contributed by atoms with E-state index in [1.54, 1.807) is 6.07 Å². The lowest BCUT2D eigenvalue weighted by molar-refractivity contribution is 0.174. The SMILES string of the molecule is CC1(C)CCCC(n2nnnc2-c2ccc(F)cc2N)C1. The highest BCUT2D eigenvalue weighted by Gasteiger charge is 2.31. The van der Waals surface area contributed by atoms with Gasteiger partial charge < -0.3 is 5.73 Å². The lowest BCUT2D eigenvalue weighted by Gasteiger charge is -2.35. The van der Waals surface area contributed by atoms with Gasteiger partial charge in [0.1, 0.15) is 5.82 Å². The van der Waals surface area contributed by atoms with Gasteiger partial charge in [0.15, 0.2) is 5.82 Å². The number of anilines is 1. The minimum Gasteiger partial charge on any atom is -0.398 e. The molecule has 3 rings (SSSR count). The van der Waals surface area contributed by atoms with E-state index in [0.717, 1.165) is 19.3 Å². The number of hydrogen-bond acceptors (Lipinski definition) is 4. The maximum absolute atomic E-state index is 13.2. The molecular weight excluding hydrogens is 269 g/mol. The summed E-state index contributed by atoms with van der Waals surface area (Å²) in [7, 11) is 0. The van der Waals surface area contributed by atoms with Crippen LogP contribution < -0.4 is 5.73 Å². The Labute approximate surface area is 123 Å². The number of benzene rings is 1. The average molecular weight is 289 g/mol. The second kappa shape index (κ2) is 5.09. The van der Waals surface area contributed by atoms with Gasteiger partial charge in [0, 0.05) is 11.3 Å². The molecule has 1 aliphatic rings. The first-order chi connectivity index (χ1) is 9.96. The highest BCUT2D eigenvalue weighted by molar-refractivity contribution is 5.71. The molecule has 0 aliphatic heterocycles. The lowest BCUT2D eigenvalue weighted by Crippen LogP contribution is -2.26. The first-order valence-electron chi connectivity index (χ1n) is 7.29. The van der Waals surface area contributed by atoms with Gasteiger partial charge in [-0.15, -0.1) is 5.10 Å². The largest absolute Gasteiger partial charge is 0.398 e. The molecule has 0 spiro atoms. The molecule has 5 nitrogen and oxygen atoms in total. The van der Waals surface area contributed by atoms with Crippen molar-refractivity contribution in [3.05, 3.63) is 24.0 Å². The van der Waals surface area contributed by atoms with E-state index in [1.807, 2.05) is 4.68 Å². The molecule has 0 saturated heterocycles. The van der Waals surface area contributed by atoms with Crippen LogP contribution >= 0.6 is 0 Å². The summed E-state index contributed by atoms with van der Waals surface area (Å²) in [4.78, 5) is 0. The van der Waals surface area contributed by atoms with Crippen LogP contribution in [0.25, 0.3) is 11.4 Å². The van der Waals surface area contributed by atoms with E-state index in [2.05, 4.69) is 29.4 Å². The Kier molecular flexibility index (Phi) is 3.39. The molecule has 21 heavy (non-hydrogen) atoms. The number of tetrazole rings is 1. The zero-order valence-corrected chi connectivity index (χ0v) is 12.4. The summed E-state index contributed by atoms with van der Waals surface area (Å²) >= 11 is 0. The second-order valence-corrected chi connectivity index (χ2v) is 6.59. The van der Waals surface area contributed by atoms with Crippen molar-refractivity contribution in [3.8, 4) is 11.4 Å². The van der Waals surface area contributed by atoms with Gasteiger partial charge in [-0.1, -0.05) is 20.3 Å². The predicted octanol–water partition coefficient (Wildman–Crippen LogP) is 3.20. The third-order valence-corrected chi connectivity index (χ3v) is 4.27. The number of halogens is 1. The fourth-order valence-corrected chi connectivity index (χ4v) is 3.22. The fraction of sp³-hybridized carbons (Fsp3) is 0.533. The summed E-state index contributed by atoms with van der Waals surface area (Å²) in [6.45, 7) is 4.55. The molecule has 1 saturated carbocycles. The Morgan fingerprint density at radius 1 is 1.38 bits per heavy atom. The molecule has 1 fully saturated rings. The summed E-state index contributed by atoms with van der Waals surface area (Å²) in [5.74, 6) is 0.268. The van der Waals surface area contributed by atoms with Crippen LogP contribution in [0.3, 0.4) is 0 Å². The number of nitrogens with zero attached hydrogens (tertiary/aromatic N) is 4. The molecule has 1 aromatic heterocycles. The van der Waals surface area contributed by atoms with Crippen LogP contribution in [0.15, 0.2) is 18.2 Å². The number of nitrogen functional groups attached to an aromatic ring is 1. The van der Waals surface area contributed by atoms with Crippen molar-refractivity contribution in [2.75, 3.05) is 5.73 Å². The van der Waals surface area contributed by atoms with Gasteiger partial charge in [-0.05, 0) is 53.3 Å². The summed E-state index contributed by atoms with van der Waals surface area (Å²) in [5.41, 5.74) is 7.25. The highest BCUT2D eigenvalue weighted by atomic mass is 19.1. The van der Waals surface area contributed by atoms with E-state index in [4.69, 9.17) is 5.73 Å². The van der Waals surface area contributed by atoms with Crippen molar-refractivity contribution < 1.29 is 4.39 Å². The number of nitrogens with two attached hydrogens (primary N) is 1. The van der Waals surface area contributed by atoms with E-state index >= 15 is 0 Å². The van der Waals surface area contributed by atoms with Gasteiger partial charge in [-0.25, -0.2) is 9.07 Å². The molecule has 1 heterocycles. The zero-order chi connectivity index (χ0) is 15.0. The molecule has 2 N–H and O–H groups in total.